The number of fused-ring (bicyclic) bond motifs is 1. The number of carbonyl (C=O) groups is 2. The van der Waals surface area contributed by atoms with E-state index in [1.165, 1.54) is 16.0 Å². The fraction of sp³-hybridized carbons (Fsp3) is 0.385. The molecule has 6 nitrogen and oxygen atoms in total. The zero-order valence-electron chi connectivity index (χ0n) is 19.0. The molecule has 2 aromatic rings. The number of rotatable bonds is 8. The van der Waals surface area contributed by atoms with E-state index in [2.05, 4.69) is 26.0 Å². The molecular weight excluding hydrogens is 404 g/mol. The van der Waals surface area contributed by atoms with Crippen LogP contribution in [-0.2, 0) is 27.3 Å². The Morgan fingerprint density at radius 2 is 1.69 bits per heavy atom. The van der Waals surface area contributed by atoms with Crippen molar-refractivity contribution in [2.75, 3.05) is 33.4 Å². The molecule has 4 rings (SSSR count). The zero-order valence-corrected chi connectivity index (χ0v) is 19.0. The summed E-state index contributed by atoms with van der Waals surface area (Å²) >= 11 is 0. The van der Waals surface area contributed by atoms with E-state index < -0.39 is 0 Å². The van der Waals surface area contributed by atoms with Crippen LogP contribution in [0.15, 0.2) is 54.2 Å². The van der Waals surface area contributed by atoms with Crippen LogP contribution in [-0.4, -0.2) is 55.0 Å². The van der Waals surface area contributed by atoms with E-state index in [1.807, 2.05) is 41.3 Å². The van der Waals surface area contributed by atoms with Crippen LogP contribution in [0.3, 0.4) is 0 Å². The second-order valence-corrected chi connectivity index (χ2v) is 8.65. The molecule has 0 N–H and O–H groups in total. The normalized spacial score (nSPS) is 16.2. The van der Waals surface area contributed by atoms with Gasteiger partial charge in [-0.15, -0.1) is 0 Å². The monoisotopic (exact) mass is 434 g/mol. The van der Waals surface area contributed by atoms with Crippen molar-refractivity contribution >= 4 is 17.4 Å². The van der Waals surface area contributed by atoms with Crippen LogP contribution in [0.2, 0.25) is 0 Å². The zero-order chi connectivity index (χ0) is 22.7. The average molecular weight is 435 g/mol. The minimum absolute atomic E-state index is 0.237. The molecule has 2 amide bonds. The third-order valence-electron chi connectivity index (χ3n) is 5.84. The standard InChI is InChI=1S/C26H30N2O4/c1-18(2)17-32-22-10-8-20(9-11-22)23-24(26(30)28(25(23)29)14-15-31-3)27-13-12-19-6-4-5-7-21(19)16-27/h4-11,18H,12-17H2,1-3H3. The van der Waals surface area contributed by atoms with Crippen LogP contribution in [0.1, 0.15) is 30.5 Å². The van der Waals surface area contributed by atoms with Crippen molar-refractivity contribution in [2.24, 2.45) is 5.92 Å². The van der Waals surface area contributed by atoms with Crippen LogP contribution in [0.25, 0.3) is 5.57 Å². The van der Waals surface area contributed by atoms with Crippen molar-refractivity contribution < 1.29 is 19.1 Å². The summed E-state index contributed by atoms with van der Waals surface area (Å²) in [6.07, 6.45) is 0.842. The Kier molecular flexibility index (Phi) is 6.61. The molecule has 0 aromatic heterocycles. The molecule has 0 atom stereocenters. The van der Waals surface area contributed by atoms with Gasteiger partial charge in [-0.25, -0.2) is 0 Å². The van der Waals surface area contributed by atoms with E-state index in [0.717, 1.165) is 17.7 Å². The van der Waals surface area contributed by atoms with Gasteiger partial charge >= 0.3 is 0 Å². The van der Waals surface area contributed by atoms with Crippen LogP contribution in [0.4, 0.5) is 0 Å². The molecule has 32 heavy (non-hydrogen) atoms. The van der Waals surface area contributed by atoms with Gasteiger partial charge in [-0.1, -0.05) is 50.2 Å². The number of hydrogen-bond donors (Lipinski definition) is 0. The molecule has 0 saturated heterocycles. The molecule has 6 heteroatoms. The molecule has 0 spiro atoms. The summed E-state index contributed by atoms with van der Waals surface area (Å²) in [7, 11) is 1.57. The smallest absolute Gasteiger partial charge is 0.277 e. The Balaban J connectivity index is 1.68. The summed E-state index contributed by atoms with van der Waals surface area (Å²) < 4.78 is 10.9. The molecule has 0 bridgehead atoms. The molecule has 2 heterocycles. The fourth-order valence-electron chi connectivity index (χ4n) is 4.17. The molecule has 2 aliphatic heterocycles. The Hall–Kier alpha value is -3.12. The van der Waals surface area contributed by atoms with Gasteiger partial charge in [0.25, 0.3) is 11.8 Å². The quantitative estimate of drug-likeness (QED) is 0.595. The highest BCUT2D eigenvalue weighted by Crippen LogP contribution is 2.34. The van der Waals surface area contributed by atoms with E-state index in [1.54, 1.807) is 7.11 Å². The lowest BCUT2D eigenvalue weighted by Gasteiger charge is -2.31. The summed E-state index contributed by atoms with van der Waals surface area (Å²) in [6, 6.07) is 15.7. The number of ether oxygens (including phenoxy) is 2. The molecule has 0 aliphatic carbocycles. The van der Waals surface area contributed by atoms with Gasteiger partial charge in [-0.3, -0.25) is 14.5 Å². The van der Waals surface area contributed by atoms with Crippen molar-refractivity contribution in [1.82, 2.24) is 9.80 Å². The maximum atomic E-state index is 13.4. The molecule has 2 aliphatic rings. The predicted molar refractivity (Wildman–Crippen MR) is 123 cm³/mol. The third-order valence-corrected chi connectivity index (χ3v) is 5.84. The third kappa shape index (κ3) is 4.41. The molecular formula is C26H30N2O4. The largest absolute Gasteiger partial charge is 0.493 e. The Bertz CT molecular complexity index is 1030. The van der Waals surface area contributed by atoms with E-state index >= 15 is 0 Å². The lowest BCUT2D eigenvalue weighted by molar-refractivity contribution is -0.138. The van der Waals surface area contributed by atoms with E-state index in [4.69, 9.17) is 9.47 Å². The number of carbonyl (C=O) groups excluding carboxylic acids is 2. The van der Waals surface area contributed by atoms with Gasteiger partial charge in [0.1, 0.15) is 11.4 Å². The van der Waals surface area contributed by atoms with Crippen molar-refractivity contribution in [3.63, 3.8) is 0 Å². The minimum atomic E-state index is -0.267. The number of hydrogen-bond acceptors (Lipinski definition) is 5. The summed E-state index contributed by atoms with van der Waals surface area (Å²) in [5.74, 6) is 0.664. The number of methoxy groups -OCH3 is 1. The maximum absolute atomic E-state index is 13.4. The maximum Gasteiger partial charge on any atom is 0.277 e. The SMILES string of the molecule is COCCN1C(=O)C(c2ccc(OCC(C)C)cc2)=C(N2CCc3ccccc3C2)C1=O. The van der Waals surface area contributed by atoms with Crippen LogP contribution in [0, 0.1) is 5.92 Å². The first-order valence-corrected chi connectivity index (χ1v) is 11.1. The number of nitrogens with zero attached hydrogens (tertiary/aromatic N) is 2. The average Bonchev–Trinajstić information content (AvgIpc) is 3.05. The van der Waals surface area contributed by atoms with Gasteiger partial charge in [-0.2, -0.15) is 0 Å². The fourth-order valence-corrected chi connectivity index (χ4v) is 4.17. The van der Waals surface area contributed by atoms with Crippen molar-refractivity contribution in [3.05, 3.63) is 70.9 Å². The molecule has 0 saturated carbocycles. The van der Waals surface area contributed by atoms with E-state index in [9.17, 15) is 9.59 Å². The Labute approximate surface area is 189 Å². The topological polar surface area (TPSA) is 59.1 Å². The molecule has 0 fully saturated rings. The Morgan fingerprint density at radius 3 is 2.38 bits per heavy atom. The van der Waals surface area contributed by atoms with Crippen LogP contribution >= 0.6 is 0 Å². The highest BCUT2D eigenvalue weighted by molar-refractivity contribution is 6.35. The number of imide groups is 1. The Morgan fingerprint density at radius 1 is 0.969 bits per heavy atom. The first-order chi connectivity index (χ1) is 15.5. The van der Waals surface area contributed by atoms with Gasteiger partial charge in [0.15, 0.2) is 0 Å². The van der Waals surface area contributed by atoms with Crippen LogP contribution in [0.5, 0.6) is 5.75 Å². The lowest BCUT2D eigenvalue weighted by Crippen LogP contribution is -2.38. The second kappa shape index (κ2) is 9.57. The highest BCUT2D eigenvalue weighted by atomic mass is 16.5. The predicted octanol–water partition coefficient (Wildman–Crippen LogP) is 3.51. The lowest BCUT2D eigenvalue weighted by atomic mass is 9.98. The number of benzene rings is 2. The van der Waals surface area contributed by atoms with Gasteiger partial charge in [0.05, 0.1) is 25.3 Å². The van der Waals surface area contributed by atoms with Crippen molar-refractivity contribution in [1.29, 1.82) is 0 Å². The summed E-state index contributed by atoms with van der Waals surface area (Å²) in [4.78, 5) is 30.1. The first-order valence-electron chi connectivity index (χ1n) is 11.1. The van der Waals surface area contributed by atoms with Gasteiger partial charge in [0.2, 0.25) is 0 Å². The number of amides is 2. The molecule has 2 aromatic carbocycles. The van der Waals surface area contributed by atoms with Gasteiger partial charge < -0.3 is 14.4 Å². The van der Waals surface area contributed by atoms with Crippen molar-refractivity contribution in [3.8, 4) is 5.75 Å². The van der Waals surface area contributed by atoms with Crippen molar-refractivity contribution in [2.45, 2.75) is 26.8 Å². The van der Waals surface area contributed by atoms with Gasteiger partial charge in [0, 0.05) is 20.2 Å². The first kappa shape index (κ1) is 22.1. The molecule has 0 unspecified atom stereocenters. The molecule has 0 radical (unpaired) electrons. The second-order valence-electron chi connectivity index (χ2n) is 8.65. The van der Waals surface area contributed by atoms with E-state index in [-0.39, 0.29) is 18.4 Å². The molecule has 168 valence electrons. The van der Waals surface area contributed by atoms with Gasteiger partial charge in [-0.05, 0) is 41.2 Å². The summed E-state index contributed by atoms with van der Waals surface area (Å²) in [5, 5.41) is 0. The summed E-state index contributed by atoms with van der Waals surface area (Å²) in [5.41, 5.74) is 4.16. The van der Waals surface area contributed by atoms with Crippen LogP contribution < -0.4 is 4.74 Å². The van der Waals surface area contributed by atoms with E-state index in [0.29, 0.717) is 43.5 Å². The minimum Gasteiger partial charge on any atom is -0.493 e. The summed E-state index contributed by atoms with van der Waals surface area (Å²) in [6.45, 7) is 6.68. The highest BCUT2D eigenvalue weighted by Gasteiger charge is 2.41.